The van der Waals surface area contributed by atoms with Crippen LogP contribution in [0.15, 0.2) is 71.9 Å². The van der Waals surface area contributed by atoms with Gasteiger partial charge in [-0.1, -0.05) is 17.7 Å². The number of benzene rings is 2. The van der Waals surface area contributed by atoms with Crippen LogP contribution < -0.4 is 9.47 Å². The van der Waals surface area contributed by atoms with E-state index < -0.39 is 11.1 Å². The van der Waals surface area contributed by atoms with Gasteiger partial charge in [-0.25, -0.2) is 0 Å². The monoisotopic (exact) mass is 494 g/mol. The maximum absolute atomic E-state index is 12.8. The minimum atomic E-state index is -0.519. The highest BCUT2D eigenvalue weighted by molar-refractivity contribution is 8.18. The molecule has 0 bridgehead atoms. The third-order valence-electron chi connectivity index (χ3n) is 4.97. The van der Waals surface area contributed by atoms with Crippen molar-refractivity contribution in [1.29, 1.82) is 0 Å². The zero-order valence-corrected chi connectivity index (χ0v) is 19.6. The van der Waals surface area contributed by atoms with Crippen LogP contribution in [0.4, 0.5) is 4.79 Å². The smallest absolute Gasteiger partial charge is 0.293 e. The molecule has 2 heterocycles. The summed E-state index contributed by atoms with van der Waals surface area (Å²) < 4.78 is 11.3. The van der Waals surface area contributed by atoms with Gasteiger partial charge >= 0.3 is 0 Å². The molecule has 4 rings (SSSR count). The van der Waals surface area contributed by atoms with Gasteiger partial charge in [-0.15, -0.1) is 0 Å². The molecule has 172 valence electrons. The summed E-state index contributed by atoms with van der Waals surface area (Å²) in [6.45, 7) is 0.00745. The fourth-order valence-electron chi connectivity index (χ4n) is 3.19. The molecule has 1 fully saturated rings. The van der Waals surface area contributed by atoms with Crippen molar-refractivity contribution in [2.45, 2.75) is 6.61 Å². The van der Waals surface area contributed by atoms with E-state index in [1.54, 1.807) is 60.9 Å². The third-order valence-corrected chi connectivity index (χ3v) is 6.13. The Kier molecular flexibility index (Phi) is 7.30. The molecular weight excluding hydrogens is 476 g/mol. The molecule has 0 unspecified atom stereocenters. The SMILES string of the molecule is COc1cc(/C=C2/SC(=O)N(CC(=O)c3ccc(Cl)cc3)C2=O)ccc1OCc1ccncc1. The average molecular weight is 495 g/mol. The Hall–Kier alpha value is -3.62. The van der Waals surface area contributed by atoms with E-state index in [1.807, 2.05) is 12.1 Å². The van der Waals surface area contributed by atoms with E-state index in [9.17, 15) is 14.4 Å². The number of amides is 2. The predicted molar refractivity (Wildman–Crippen MR) is 130 cm³/mol. The van der Waals surface area contributed by atoms with Gasteiger partial charge in [0.25, 0.3) is 11.1 Å². The highest BCUT2D eigenvalue weighted by atomic mass is 35.5. The van der Waals surface area contributed by atoms with Crippen LogP contribution >= 0.6 is 23.4 Å². The van der Waals surface area contributed by atoms with Crippen molar-refractivity contribution < 1.29 is 23.9 Å². The van der Waals surface area contributed by atoms with Crippen molar-refractivity contribution in [1.82, 2.24) is 9.88 Å². The summed E-state index contributed by atoms with van der Waals surface area (Å²) in [4.78, 5) is 42.9. The molecule has 2 amide bonds. The second kappa shape index (κ2) is 10.5. The number of thioether (sulfide) groups is 1. The molecule has 7 nitrogen and oxygen atoms in total. The molecule has 1 saturated heterocycles. The quantitative estimate of drug-likeness (QED) is 0.312. The summed E-state index contributed by atoms with van der Waals surface area (Å²) in [5, 5.41) is -0.00213. The number of carbonyl (C=O) groups is 3. The van der Waals surface area contributed by atoms with Gasteiger partial charge in [-0.2, -0.15) is 0 Å². The van der Waals surface area contributed by atoms with Crippen molar-refractivity contribution in [3.8, 4) is 11.5 Å². The predicted octanol–water partition coefficient (Wildman–Crippen LogP) is 5.24. The molecular formula is C25H19ClN2O5S. The Morgan fingerprint density at radius 1 is 1.06 bits per heavy atom. The highest BCUT2D eigenvalue weighted by Gasteiger charge is 2.36. The van der Waals surface area contributed by atoms with Crippen molar-refractivity contribution in [3.05, 3.63) is 93.6 Å². The van der Waals surface area contributed by atoms with Crippen LogP contribution in [0.1, 0.15) is 21.5 Å². The molecule has 3 aromatic rings. The normalized spacial score (nSPS) is 14.5. The molecule has 0 spiro atoms. The van der Waals surface area contributed by atoms with Gasteiger partial charge in [0.1, 0.15) is 6.61 Å². The fourth-order valence-corrected chi connectivity index (χ4v) is 4.16. The van der Waals surface area contributed by atoms with Crippen LogP contribution in [0.5, 0.6) is 11.5 Å². The second-order valence-corrected chi connectivity index (χ2v) is 8.68. The molecule has 0 saturated carbocycles. The van der Waals surface area contributed by atoms with Crippen LogP contribution in [0.25, 0.3) is 6.08 Å². The maximum atomic E-state index is 12.8. The summed E-state index contributed by atoms with van der Waals surface area (Å²) in [5.41, 5.74) is 1.99. The minimum absolute atomic E-state index is 0.224. The minimum Gasteiger partial charge on any atom is -0.493 e. The number of methoxy groups -OCH3 is 1. The number of ketones is 1. The second-order valence-electron chi connectivity index (χ2n) is 7.25. The topological polar surface area (TPSA) is 85.8 Å². The van der Waals surface area contributed by atoms with Gasteiger partial charge in [0.2, 0.25) is 0 Å². The molecule has 0 atom stereocenters. The van der Waals surface area contributed by atoms with E-state index in [-0.39, 0.29) is 17.2 Å². The molecule has 9 heteroatoms. The van der Waals surface area contributed by atoms with Crippen LogP contribution in [0.3, 0.4) is 0 Å². The van der Waals surface area contributed by atoms with Gasteiger partial charge in [0, 0.05) is 23.0 Å². The fraction of sp³-hybridized carbons (Fsp3) is 0.120. The average Bonchev–Trinajstić information content (AvgIpc) is 3.11. The third kappa shape index (κ3) is 5.47. The standard InChI is InChI=1S/C25H19ClN2O5S/c1-32-22-12-17(2-7-21(22)33-15-16-8-10-27-11-9-16)13-23-24(30)28(25(31)34-23)14-20(29)18-3-5-19(26)6-4-18/h2-13H,14-15H2,1H3/b23-13+. The van der Waals surface area contributed by atoms with Crippen LogP contribution in [0.2, 0.25) is 5.02 Å². The van der Waals surface area contributed by atoms with Crippen LogP contribution in [-0.2, 0) is 11.4 Å². The molecule has 1 aliphatic rings. The van der Waals surface area contributed by atoms with Crippen LogP contribution in [0, 0.1) is 0 Å². The van der Waals surface area contributed by atoms with Crippen molar-refractivity contribution >= 4 is 46.4 Å². The Morgan fingerprint density at radius 3 is 2.50 bits per heavy atom. The zero-order valence-electron chi connectivity index (χ0n) is 18.1. The highest BCUT2D eigenvalue weighted by Crippen LogP contribution is 2.35. The van der Waals surface area contributed by atoms with Gasteiger partial charge in [-0.3, -0.25) is 24.3 Å². The van der Waals surface area contributed by atoms with Crippen molar-refractivity contribution in [3.63, 3.8) is 0 Å². The number of nitrogens with zero attached hydrogens (tertiary/aromatic N) is 2. The summed E-state index contributed by atoms with van der Waals surface area (Å²) >= 11 is 6.63. The number of halogens is 1. The number of rotatable bonds is 8. The van der Waals surface area contributed by atoms with Crippen molar-refractivity contribution in [2.24, 2.45) is 0 Å². The molecule has 34 heavy (non-hydrogen) atoms. The number of carbonyl (C=O) groups excluding carboxylic acids is 3. The Bertz CT molecular complexity index is 1260. The number of ether oxygens (including phenoxy) is 2. The molecule has 2 aromatic carbocycles. The molecule has 1 aromatic heterocycles. The number of hydrogen-bond donors (Lipinski definition) is 0. The number of hydrogen-bond acceptors (Lipinski definition) is 7. The molecule has 0 radical (unpaired) electrons. The van der Waals surface area contributed by atoms with E-state index in [0.29, 0.717) is 34.3 Å². The lowest BCUT2D eigenvalue weighted by Crippen LogP contribution is -2.33. The van der Waals surface area contributed by atoms with E-state index in [4.69, 9.17) is 21.1 Å². The van der Waals surface area contributed by atoms with Gasteiger partial charge in [0.15, 0.2) is 17.3 Å². The lowest BCUT2D eigenvalue weighted by molar-refractivity contribution is -0.122. The Balaban J connectivity index is 1.46. The Labute approximate surface area is 205 Å². The first-order valence-corrected chi connectivity index (χ1v) is 11.4. The molecule has 0 aliphatic carbocycles. The molecule has 1 aliphatic heterocycles. The summed E-state index contributed by atoms with van der Waals surface area (Å²) in [5.74, 6) is 0.157. The largest absolute Gasteiger partial charge is 0.493 e. The maximum Gasteiger partial charge on any atom is 0.293 e. The van der Waals surface area contributed by atoms with E-state index in [0.717, 1.165) is 22.2 Å². The van der Waals surface area contributed by atoms with Gasteiger partial charge in [-0.05, 0) is 77.5 Å². The summed E-state index contributed by atoms with van der Waals surface area (Å²) in [7, 11) is 1.52. The van der Waals surface area contributed by atoms with Crippen LogP contribution in [-0.4, -0.2) is 40.5 Å². The number of pyridine rings is 1. The van der Waals surface area contributed by atoms with Gasteiger partial charge in [0.05, 0.1) is 18.6 Å². The lowest BCUT2D eigenvalue weighted by Gasteiger charge is -2.12. The first-order valence-electron chi connectivity index (χ1n) is 10.2. The first-order chi connectivity index (χ1) is 16.4. The lowest BCUT2D eigenvalue weighted by atomic mass is 10.1. The van der Waals surface area contributed by atoms with E-state index in [2.05, 4.69) is 4.98 Å². The Morgan fingerprint density at radius 2 is 1.79 bits per heavy atom. The zero-order chi connectivity index (χ0) is 24.1. The van der Waals surface area contributed by atoms with Gasteiger partial charge < -0.3 is 9.47 Å². The number of imide groups is 1. The number of aromatic nitrogens is 1. The van der Waals surface area contributed by atoms with Crippen molar-refractivity contribution in [2.75, 3.05) is 13.7 Å². The summed E-state index contributed by atoms with van der Waals surface area (Å²) in [6.07, 6.45) is 4.97. The molecule has 0 N–H and O–H groups in total. The summed E-state index contributed by atoms with van der Waals surface area (Å²) in [6, 6.07) is 15.2. The van der Waals surface area contributed by atoms with E-state index >= 15 is 0 Å². The van der Waals surface area contributed by atoms with E-state index in [1.165, 1.54) is 7.11 Å². The first kappa shape index (κ1) is 23.5. The number of Topliss-reactive ketones (excluding diaryl/α,β-unsaturated/α-hetero) is 1.